The van der Waals surface area contributed by atoms with Gasteiger partial charge in [0.1, 0.15) is 17.0 Å². The summed E-state index contributed by atoms with van der Waals surface area (Å²) >= 11 is 0. The first-order chi connectivity index (χ1) is 18.7. The van der Waals surface area contributed by atoms with Gasteiger partial charge in [-0.05, 0) is 48.2 Å². The number of methoxy groups -OCH3 is 1. The molecule has 4 heterocycles. The summed E-state index contributed by atoms with van der Waals surface area (Å²) in [6.07, 6.45) is -3.33. The minimum absolute atomic E-state index is 0.00312. The van der Waals surface area contributed by atoms with Gasteiger partial charge >= 0.3 is 6.18 Å². The second-order valence-corrected chi connectivity index (χ2v) is 9.63. The Morgan fingerprint density at radius 3 is 2.59 bits per heavy atom. The maximum absolute atomic E-state index is 13.5. The lowest BCUT2D eigenvalue weighted by atomic mass is 9.84. The summed E-state index contributed by atoms with van der Waals surface area (Å²) in [6.45, 7) is 1.42. The highest BCUT2D eigenvalue weighted by Crippen LogP contribution is 2.44. The lowest BCUT2D eigenvalue weighted by Gasteiger charge is -2.39. The van der Waals surface area contributed by atoms with Gasteiger partial charge in [-0.2, -0.15) is 13.2 Å². The van der Waals surface area contributed by atoms with E-state index >= 15 is 0 Å². The zero-order chi connectivity index (χ0) is 27.4. The summed E-state index contributed by atoms with van der Waals surface area (Å²) in [7, 11) is 1.35. The lowest BCUT2D eigenvalue weighted by Crippen LogP contribution is -2.45. The quantitative estimate of drug-likeness (QED) is 0.388. The molecule has 0 bridgehead atoms. The molecule has 11 heteroatoms. The van der Waals surface area contributed by atoms with E-state index in [0.717, 1.165) is 6.07 Å². The van der Waals surface area contributed by atoms with Crippen LogP contribution < -0.4 is 10.5 Å². The maximum atomic E-state index is 13.5. The minimum atomic E-state index is -4.62. The average Bonchev–Trinajstić information content (AvgIpc) is 3.54. The molecule has 2 aromatic heterocycles. The number of oxazole rings is 1. The SMILES string of the molecule is COc1ccc(-c2nc(C(=O)N3CCC4(CC3)OCc3ccccc34)c(CN)o2)c2ccc(C(F)(F)F)nc12. The fraction of sp³-hybridized carbons (Fsp3) is 0.321. The van der Waals surface area contributed by atoms with Gasteiger partial charge in [0, 0.05) is 24.0 Å². The maximum Gasteiger partial charge on any atom is 0.433 e. The smallest absolute Gasteiger partial charge is 0.433 e. The van der Waals surface area contributed by atoms with Crippen molar-refractivity contribution >= 4 is 16.8 Å². The van der Waals surface area contributed by atoms with Crippen LogP contribution in [0.4, 0.5) is 13.2 Å². The number of ether oxygens (including phenoxy) is 2. The predicted octanol–water partition coefficient (Wildman–Crippen LogP) is 5.04. The molecule has 6 rings (SSSR count). The second kappa shape index (κ2) is 9.35. The number of pyridine rings is 1. The molecule has 0 saturated carbocycles. The Balaban J connectivity index is 1.30. The van der Waals surface area contributed by atoms with Crippen molar-refractivity contribution in [3.05, 3.63) is 76.8 Å². The Morgan fingerprint density at radius 2 is 1.87 bits per heavy atom. The van der Waals surface area contributed by atoms with Crippen LogP contribution in [0.25, 0.3) is 22.4 Å². The van der Waals surface area contributed by atoms with Crippen LogP contribution in [-0.4, -0.2) is 41.0 Å². The summed E-state index contributed by atoms with van der Waals surface area (Å²) < 4.78 is 57.3. The number of alkyl halides is 3. The predicted molar refractivity (Wildman–Crippen MR) is 135 cm³/mol. The molecule has 0 radical (unpaired) electrons. The standard InChI is InChI=1S/C28H25F3N4O4/c1-37-20-8-6-18(17-7-9-22(28(29,30)31)33-23(17)20)25-34-24(21(14-32)39-25)26(36)35-12-10-27(11-13-35)19-5-3-2-4-16(19)15-38-27/h2-9H,10-15,32H2,1H3. The zero-order valence-electron chi connectivity index (χ0n) is 21.0. The number of aromatic nitrogens is 2. The first kappa shape index (κ1) is 25.3. The van der Waals surface area contributed by atoms with Gasteiger partial charge in [-0.15, -0.1) is 0 Å². The Bertz CT molecular complexity index is 1580. The molecule has 0 unspecified atom stereocenters. The van der Waals surface area contributed by atoms with Crippen LogP contribution in [0.5, 0.6) is 5.75 Å². The van der Waals surface area contributed by atoms with Gasteiger partial charge in [0.2, 0.25) is 5.89 Å². The zero-order valence-corrected chi connectivity index (χ0v) is 21.0. The molecule has 4 aromatic rings. The van der Waals surface area contributed by atoms with Crippen molar-refractivity contribution in [3.8, 4) is 17.2 Å². The largest absolute Gasteiger partial charge is 0.494 e. The van der Waals surface area contributed by atoms with Gasteiger partial charge in [-0.25, -0.2) is 9.97 Å². The molecule has 2 N–H and O–H groups in total. The molecule has 1 spiro atoms. The number of benzene rings is 2. The number of halogens is 3. The van der Waals surface area contributed by atoms with E-state index in [0.29, 0.717) is 43.5 Å². The van der Waals surface area contributed by atoms with Gasteiger partial charge in [0.15, 0.2) is 11.5 Å². The Kier molecular flexibility index (Phi) is 6.07. The number of nitrogens with zero attached hydrogens (tertiary/aromatic N) is 3. The number of fused-ring (bicyclic) bond motifs is 3. The number of hydrogen-bond acceptors (Lipinski definition) is 7. The van der Waals surface area contributed by atoms with E-state index in [-0.39, 0.29) is 41.1 Å². The Hall–Kier alpha value is -3.96. The molecule has 2 aromatic carbocycles. The molecule has 202 valence electrons. The van der Waals surface area contributed by atoms with Crippen molar-refractivity contribution < 1.29 is 31.9 Å². The molecule has 1 amide bonds. The van der Waals surface area contributed by atoms with E-state index < -0.39 is 17.5 Å². The first-order valence-electron chi connectivity index (χ1n) is 12.5. The van der Waals surface area contributed by atoms with Gasteiger partial charge in [-0.1, -0.05) is 24.3 Å². The Labute approximate surface area is 221 Å². The molecule has 8 nitrogen and oxygen atoms in total. The fourth-order valence-corrected chi connectivity index (χ4v) is 5.49. The second-order valence-electron chi connectivity index (χ2n) is 9.63. The van der Waals surface area contributed by atoms with E-state index in [4.69, 9.17) is 19.6 Å². The fourth-order valence-electron chi connectivity index (χ4n) is 5.49. The molecular formula is C28H25F3N4O4. The number of nitrogens with two attached hydrogens (primary N) is 1. The molecule has 1 fully saturated rings. The number of rotatable bonds is 4. The van der Waals surface area contributed by atoms with E-state index in [1.165, 1.54) is 30.4 Å². The average molecular weight is 539 g/mol. The van der Waals surface area contributed by atoms with Crippen LogP contribution in [0.2, 0.25) is 0 Å². The lowest BCUT2D eigenvalue weighted by molar-refractivity contribution is -0.140. The third-order valence-corrected chi connectivity index (χ3v) is 7.52. The summed E-state index contributed by atoms with van der Waals surface area (Å²) in [6, 6.07) is 13.4. The number of piperidine rings is 1. The number of likely N-dealkylation sites (tertiary alicyclic amines) is 1. The number of hydrogen-bond donors (Lipinski definition) is 1. The van der Waals surface area contributed by atoms with E-state index in [1.54, 1.807) is 11.0 Å². The highest BCUT2D eigenvalue weighted by atomic mass is 19.4. The van der Waals surface area contributed by atoms with Crippen LogP contribution in [0.1, 0.15) is 45.9 Å². The topological polar surface area (TPSA) is 104 Å². The van der Waals surface area contributed by atoms with Crippen LogP contribution in [0, 0.1) is 0 Å². The van der Waals surface area contributed by atoms with E-state index in [9.17, 15) is 18.0 Å². The molecule has 0 aliphatic carbocycles. The van der Waals surface area contributed by atoms with Crippen molar-refractivity contribution in [1.29, 1.82) is 0 Å². The van der Waals surface area contributed by atoms with E-state index in [2.05, 4.69) is 22.1 Å². The van der Waals surface area contributed by atoms with Crippen LogP contribution in [-0.2, 0) is 29.7 Å². The van der Waals surface area contributed by atoms with Crippen molar-refractivity contribution in [2.45, 2.75) is 37.8 Å². The number of carbonyl (C=O) groups is 1. The summed E-state index contributed by atoms with van der Waals surface area (Å²) in [4.78, 5) is 23.5. The van der Waals surface area contributed by atoms with Crippen LogP contribution in [0.15, 0.2) is 52.9 Å². The Morgan fingerprint density at radius 1 is 1.10 bits per heavy atom. The van der Waals surface area contributed by atoms with Crippen LogP contribution >= 0.6 is 0 Å². The molecule has 1 saturated heterocycles. The monoisotopic (exact) mass is 538 g/mol. The highest BCUT2D eigenvalue weighted by molar-refractivity contribution is 5.98. The summed E-state index contributed by atoms with van der Waals surface area (Å²) in [5.74, 6) is 0.109. The summed E-state index contributed by atoms with van der Waals surface area (Å²) in [5.41, 5.74) is 7.26. The number of carbonyl (C=O) groups excluding carboxylic acids is 1. The molecular weight excluding hydrogens is 513 g/mol. The van der Waals surface area contributed by atoms with Crippen molar-refractivity contribution in [2.24, 2.45) is 5.73 Å². The normalized spacial score (nSPS) is 16.6. The van der Waals surface area contributed by atoms with Gasteiger partial charge in [-0.3, -0.25) is 4.79 Å². The van der Waals surface area contributed by atoms with Crippen molar-refractivity contribution in [2.75, 3.05) is 20.2 Å². The molecule has 0 atom stereocenters. The van der Waals surface area contributed by atoms with Gasteiger partial charge in [0.05, 0.1) is 25.9 Å². The molecule has 2 aliphatic heterocycles. The first-order valence-corrected chi connectivity index (χ1v) is 12.5. The number of amides is 1. The summed E-state index contributed by atoms with van der Waals surface area (Å²) in [5, 5.41) is 0.336. The van der Waals surface area contributed by atoms with Gasteiger partial charge < -0.3 is 24.5 Å². The van der Waals surface area contributed by atoms with Crippen LogP contribution in [0.3, 0.4) is 0 Å². The van der Waals surface area contributed by atoms with Gasteiger partial charge in [0.25, 0.3) is 5.91 Å². The highest BCUT2D eigenvalue weighted by Gasteiger charge is 2.43. The molecule has 39 heavy (non-hydrogen) atoms. The van der Waals surface area contributed by atoms with E-state index in [1.807, 2.05) is 12.1 Å². The molecule has 2 aliphatic rings. The minimum Gasteiger partial charge on any atom is -0.494 e. The van der Waals surface area contributed by atoms with Crippen molar-refractivity contribution in [1.82, 2.24) is 14.9 Å². The third kappa shape index (κ3) is 4.22. The third-order valence-electron chi connectivity index (χ3n) is 7.52. The van der Waals surface area contributed by atoms with Crippen molar-refractivity contribution in [3.63, 3.8) is 0 Å².